The lowest BCUT2D eigenvalue weighted by Crippen LogP contribution is -2.47. The van der Waals surface area contributed by atoms with Crippen LogP contribution >= 0.6 is 0 Å². The van der Waals surface area contributed by atoms with Crippen molar-refractivity contribution in [3.8, 4) is 0 Å². The summed E-state index contributed by atoms with van der Waals surface area (Å²) >= 11 is 0. The van der Waals surface area contributed by atoms with Gasteiger partial charge in [0.05, 0.1) is 25.0 Å². The van der Waals surface area contributed by atoms with Gasteiger partial charge in [0, 0.05) is 36.8 Å². The van der Waals surface area contributed by atoms with Gasteiger partial charge in [0.1, 0.15) is 17.1 Å². The van der Waals surface area contributed by atoms with E-state index in [1.165, 1.54) is 0 Å². The molecule has 2 aliphatic rings. The number of nitrogens with one attached hydrogen (secondary N) is 1. The molecule has 1 N–H and O–H groups in total. The fraction of sp³-hybridized carbons (Fsp3) is 0.519. The van der Waals surface area contributed by atoms with Gasteiger partial charge >= 0.3 is 6.16 Å². The Morgan fingerprint density at radius 3 is 2.45 bits per heavy atom. The smallest absolute Gasteiger partial charge is 0.427 e. The van der Waals surface area contributed by atoms with E-state index in [1.807, 2.05) is 23.6 Å². The van der Waals surface area contributed by atoms with E-state index in [4.69, 9.17) is 14.6 Å². The molecule has 0 spiro atoms. The Morgan fingerprint density at radius 1 is 1.05 bits per heavy atom. The third-order valence-electron chi connectivity index (χ3n) is 6.87. The van der Waals surface area contributed by atoms with Crippen molar-refractivity contribution in [2.24, 2.45) is 0 Å². The van der Waals surface area contributed by atoms with Crippen LogP contribution in [-0.2, 0) is 9.57 Å². The van der Waals surface area contributed by atoms with Gasteiger partial charge in [-0.3, -0.25) is 9.36 Å². The monoisotopic (exact) mass is 521 g/mol. The van der Waals surface area contributed by atoms with E-state index in [9.17, 15) is 9.59 Å². The van der Waals surface area contributed by atoms with Crippen LogP contribution in [0.25, 0.3) is 11.0 Å². The van der Waals surface area contributed by atoms with Gasteiger partial charge in [-0.2, -0.15) is 4.98 Å². The first kappa shape index (κ1) is 25.9. The Morgan fingerprint density at radius 2 is 1.79 bits per heavy atom. The minimum absolute atomic E-state index is 0.00869. The summed E-state index contributed by atoms with van der Waals surface area (Å²) in [5, 5.41) is 5.70. The molecule has 202 valence electrons. The number of pyridine rings is 2. The zero-order valence-corrected chi connectivity index (χ0v) is 22.4. The van der Waals surface area contributed by atoms with E-state index in [0.717, 1.165) is 42.3 Å². The molecule has 38 heavy (non-hydrogen) atoms. The number of carbonyl (C=O) groups excluding carboxylic acids is 1. The number of carbonyl (C=O) groups is 1. The summed E-state index contributed by atoms with van der Waals surface area (Å²) in [7, 11) is 0. The van der Waals surface area contributed by atoms with E-state index < -0.39 is 11.8 Å². The second-order valence-corrected chi connectivity index (χ2v) is 10.9. The van der Waals surface area contributed by atoms with Crippen molar-refractivity contribution in [2.45, 2.75) is 65.0 Å². The number of hydrogen-bond acceptors (Lipinski definition) is 10. The molecule has 3 aromatic heterocycles. The average molecular weight is 522 g/mol. The third kappa shape index (κ3) is 5.88. The number of hydroxylamine groups is 2. The van der Waals surface area contributed by atoms with Crippen LogP contribution in [0.3, 0.4) is 0 Å². The van der Waals surface area contributed by atoms with Crippen LogP contribution in [0.5, 0.6) is 0 Å². The number of ether oxygens (including phenoxy) is 1. The SMILES string of the molecule is Cc1cc(=O)n(C2CCCC2)c2nc(Nc3ccc(N4CCN(OC(=O)OC(C)(C)C)CC4)cn3)ncc12. The number of hydrogen-bond donors (Lipinski definition) is 1. The molecule has 11 heteroatoms. The Hall–Kier alpha value is -3.73. The van der Waals surface area contributed by atoms with Crippen LogP contribution < -0.4 is 15.8 Å². The van der Waals surface area contributed by atoms with E-state index in [0.29, 0.717) is 43.6 Å². The summed E-state index contributed by atoms with van der Waals surface area (Å²) in [5.41, 5.74) is 1.92. The quantitative estimate of drug-likeness (QED) is 0.486. The fourth-order valence-corrected chi connectivity index (χ4v) is 5.02. The largest absolute Gasteiger partial charge is 0.528 e. The lowest BCUT2D eigenvalue weighted by molar-refractivity contribution is -0.144. The molecular formula is C27H35N7O4. The van der Waals surface area contributed by atoms with Crippen LogP contribution in [0, 0.1) is 6.92 Å². The molecule has 1 saturated carbocycles. The van der Waals surface area contributed by atoms with Crippen LogP contribution in [0.15, 0.2) is 35.4 Å². The molecule has 1 aliphatic carbocycles. The maximum atomic E-state index is 12.9. The second-order valence-electron chi connectivity index (χ2n) is 10.9. The van der Waals surface area contributed by atoms with E-state index in [2.05, 4.69) is 20.2 Å². The Labute approximate surface area is 221 Å². The lowest BCUT2D eigenvalue weighted by atomic mass is 10.1. The van der Waals surface area contributed by atoms with Crippen molar-refractivity contribution in [2.75, 3.05) is 36.4 Å². The minimum atomic E-state index is -0.686. The van der Waals surface area contributed by atoms with Gasteiger partial charge in [-0.1, -0.05) is 12.8 Å². The van der Waals surface area contributed by atoms with Gasteiger partial charge in [0.25, 0.3) is 5.56 Å². The highest BCUT2D eigenvalue weighted by atomic mass is 16.8. The molecule has 0 aromatic carbocycles. The van der Waals surface area contributed by atoms with Gasteiger partial charge in [-0.15, -0.1) is 5.06 Å². The van der Waals surface area contributed by atoms with Crippen molar-refractivity contribution in [3.63, 3.8) is 0 Å². The molecule has 0 bridgehead atoms. The lowest BCUT2D eigenvalue weighted by Gasteiger charge is -2.34. The molecule has 0 radical (unpaired) electrons. The van der Waals surface area contributed by atoms with Crippen molar-refractivity contribution in [3.05, 3.63) is 46.5 Å². The molecule has 0 atom stereocenters. The number of aromatic nitrogens is 4. The molecule has 1 aliphatic heterocycles. The molecular weight excluding hydrogens is 486 g/mol. The minimum Gasteiger partial charge on any atom is -0.427 e. The molecule has 3 aromatic rings. The van der Waals surface area contributed by atoms with Gasteiger partial charge in [-0.05, 0) is 58.2 Å². The number of fused-ring (bicyclic) bond motifs is 1. The first-order valence-corrected chi connectivity index (χ1v) is 13.2. The van der Waals surface area contributed by atoms with Crippen LogP contribution in [0.1, 0.15) is 58.1 Å². The van der Waals surface area contributed by atoms with E-state index in [-0.39, 0.29) is 11.6 Å². The zero-order valence-electron chi connectivity index (χ0n) is 22.4. The number of piperazine rings is 1. The van der Waals surface area contributed by atoms with Crippen LogP contribution in [0.4, 0.5) is 22.2 Å². The maximum absolute atomic E-state index is 12.9. The fourth-order valence-electron chi connectivity index (χ4n) is 5.02. The predicted molar refractivity (Wildman–Crippen MR) is 145 cm³/mol. The molecule has 0 unspecified atom stereocenters. The molecule has 11 nitrogen and oxygen atoms in total. The molecule has 5 rings (SSSR count). The average Bonchev–Trinajstić information content (AvgIpc) is 3.38. The highest BCUT2D eigenvalue weighted by Crippen LogP contribution is 2.31. The number of anilines is 3. The third-order valence-corrected chi connectivity index (χ3v) is 6.87. The summed E-state index contributed by atoms with van der Waals surface area (Å²) in [6, 6.07) is 5.73. The number of aryl methyl sites for hydroxylation is 1. The molecule has 2 fully saturated rings. The van der Waals surface area contributed by atoms with Crippen LogP contribution in [0.2, 0.25) is 0 Å². The van der Waals surface area contributed by atoms with E-state index >= 15 is 0 Å². The van der Waals surface area contributed by atoms with Crippen molar-refractivity contribution < 1.29 is 14.4 Å². The maximum Gasteiger partial charge on any atom is 0.528 e. The zero-order chi connectivity index (χ0) is 26.9. The van der Waals surface area contributed by atoms with Crippen molar-refractivity contribution in [1.82, 2.24) is 24.6 Å². The Kier molecular flexibility index (Phi) is 7.20. The molecule has 1 saturated heterocycles. The highest BCUT2D eigenvalue weighted by Gasteiger charge is 2.25. The van der Waals surface area contributed by atoms with Gasteiger partial charge < -0.3 is 19.8 Å². The van der Waals surface area contributed by atoms with Gasteiger partial charge in [0.15, 0.2) is 0 Å². The normalized spacial score (nSPS) is 17.1. The van der Waals surface area contributed by atoms with Crippen molar-refractivity contribution in [1.29, 1.82) is 0 Å². The highest BCUT2D eigenvalue weighted by molar-refractivity contribution is 5.79. The summed E-state index contributed by atoms with van der Waals surface area (Å²) in [6.07, 6.45) is 7.14. The topological polar surface area (TPSA) is 115 Å². The van der Waals surface area contributed by atoms with Crippen LogP contribution in [-0.4, -0.2) is 62.5 Å². The number of nitrogens with zero attached hydrogens (tertiary/aromatic N) is 6. The first-order chi connectivity index (χ1) is 18.2. The summed E-state index contributed by atoms with van der Waals surface area (Å²) in [6.45, 7) is 9.83. The Balaban J connectivity index is 1.24. The first-order valence-electron chi connectivity index (χ1n) is 13.2. The van der Waals surface area contributed by atoms with E-state index in [1.54, 1.807) is 44.3 Å². The Bertz CT molecular complexity index is 1350. The summed E-state index contributed by atoms with van der Waals surface area (Å²) in [4.78, 5) is 46.0. The number of rotatable bonds is 5. The molecule has 4 heterocycles. The summed E-state index contributed by atoms with van der Waals surface area (Å²) < 4.78 is 7.06. The van der Waals surface area contributed by atoms with Gasteiger partial charge in [-0.25, -0.2) is 14.8 Å². The predicted octanol–water partition coefficient (Wildman–Crippen LogP) is 4.34. The van der Waals surface area contributed by atoms with Crippen molar-refractivity contribution >= 4 is 34.6 Å². The summed E-state index contributed by atoms with van der Waals surface area (Å²) in [5.74, 6) is 1.02. The standard InChI is InChI=1S/C27H35N7O4/c1-18-15-23(35)34(19-7-5-6-8-19)24-21(18)17-29-25(31-24)30-22-10-9-20(16-28-22)32-11-13-33(14-12-32)38-26(36)37-27(2,3)4/h9-10,15-17,19H,5-8,11-14H2,1-4H3,(H,28,29,30,31). The van der Waals surface area contributed by atoms with Gasteiger partial charge in [0.2, 0.25) is 5.95 Å². The second kappa shape index (κ2) is 10.6. The molecule has 0 amide bonds.